The molecule has 0 spiro atoms. The Morgan fingerprint density at radius 3 is 2.74 bits per heavy atom. The molecule has 0 radical (unpaired) electrons. The van der Waals surface area contributed by atoms with E-state index < -0.39 is 0 Å². The van der Waals surface area contributed by atoms with E-state index in [1.165, 1.54) is 0 Å². The number of nitrogens with zero attached hydrogens (tertiary/aromatic N) is 6. The number of anilines is 3. The SMILES string of the molecule is C[C@@H]1CCN(c2cc(-c3ccccc3O)nnc2N)CCN1c1ccnc(C#CCN(C)C)c1. The van der Waals surface area contributed by atoms with Gasteiger partial charge in [-0.25, -0.2) is 4.98 Å². The number of aromatic nitrogens is 3. The molecule has 4 rings (SSSR count). The molecule has 8 heteroatoms. The number of rotatable bonds is 4. The van der Waals surface area contributed by atoms with Gasteiger partial charge in [0.1, 0.15) is 11.4 Å². The predicted molar refractivity (Wildman–Crippen MR) is 137 cm³/mol. The lowest BCUT2D eigenvalue weighted by Gasteiger charge is -2.29. The Labute approximate surface area is 201 Å². The van der Waals surface area contributed by atoms with Crippen LogP contribution in [0, 0.1) is 11.8 Å². The van der Waals surface area contributed by atoms with Crippen molar-refractivity contribution < 1.29 is 5.11 Å². The van der Waals surface area contributed by atoms with Gasteiger partial charge < -0.3 is 20.6 Å². The lowest BCUT2D eigenvalue weighted by atomic mass is 10.1. The minimum atomic E-state index is 0.172. The summed E-state index contributed by atoms with van der Waals surface area (Å²) in [6.07, 6.45) is 2.78. The van der Waals surface area contributed by atoms with Crippen molar-refractivity contribution in [1.29, 1.82) is 0 Å². The molecule has 34 heavy (non-hydrogen) atoms. The Morgan fingerprint density at radius 2 is 1.94 bits per heavy atom. The molecular weight excluding hydrogens is 426 g/mol. The summed E-state index contributed by atoms with van der Waals surface area (Å²) in [5, 5.41) is 18.6. The van der Waals surface area contributed by atoms with Crippen molar-refractivity contribution in [2.24, 2.45) is 0 Å². The van der Waals surface area contributed by atoms with Crippen LogP contribution < -0.4 is 15.5 Å². The lowest BCUT2D eigenvalue weighted by molar-refractivity contribution is 0.464. The average molecular weight is 458 g/mol. The Hall–Kier alpha value is -3.83. The number of phenols is 1. The molecule has 0 saturated carbocycles. The fourth-order valence-corrected chi connectivity index (χ4v) is 4.10. The molecule has 0 aliphatic carbocycles. The smallest absolute Gasteiger partial charge is 0.169 e. The van der Waals surface area contributed by atoms with Gasteiger partial charge in [-0.1, -0.05) is 18.1 Å². The molecule has 1 fully saturated rings. The van der Waals surface area contributed by atoms with Gasteiger partial charge in [-0.15, -0.1) is 10.2 Å². The van der Waals surface area contributed by atoms with Crippen LogP contribution in [0.15, 0.2) is 48.7 Å². The van der Waals surface area contributed by atoms with Gasteiger partial charge in [-0.2, -0.15) is 0 Å². The third kappa shape index (κ3) is 5.38. The van der Waals surface area contributed by atoms with E-state index in [0.29, 0.717) is 29.7 Å². The first kappa shape index (κ1) is 23.3. The second kappa shape index (κ2) is 10.4. The van der Waals surface area contributed by atoms with Crippen LogP contribution in [0.4, 0.5) is 17.2 Å². The maximum absolute atomic E-state index is 10.2. The number of pyridine rings is 1. The van der Waals surface area contributed by atoms with E-state index in [1.54, 1.807) is 12.1 Å². The topological polar surface area (TPSA) is 94.6 Å². The number of phenolic OH excluding ortho intramolecular Hbond substituents is 1. The number of nitrogens with two attached hydrogens (primary N) is 1. The van der Waals surface area contributed by atoms with Crippen LogP contribution >= 0.6 is 0 Å². The van der Waals surface area contributed by atoms with E-state index in [9.17, 15) is 5.11 Å². The van der Waals surface area contributed by atoms with Crippen LogP contribution in [0.3, 0.4) is 0 Å². The third-order valence-electron chi connectivity index (χ3n) is 5.97. The van der Waals surface area contributed by atoms with E-state index in [-0.39, 0.29) is 5.75 Å². The van der Waals surface area contributed by atoms with E-state index in [1.807, 2.05) is 49.5 Å². The summed E-state index contributed by atoms with van der Waals surface area (Å²) in [7, 11) is 4.00. The number of hydrogen-bond acceptors (Lipinski definition) is 8. The first-order chi connectivity index (χ1) is 16.4. The van der Waals surface area contributed by atoms with Gasteiger partial charge in [0.15, 0.2) is 5.82 Å². The van der Waals surface area contributed by atoms with E-state index in [0.717, 1.165) is 43.1 Å². The highest BCUT2D eigenvalue weighted by Crippen LogP contribution is 2.32. The summed E-state index contributed by atoms with van der Waals surface area (Å²) in [6, 6.07) is 13.5. The molecule has 3 heterocycles. The second-order valence-corrected chi connectivity index (χ2v) is 8.77. The Bertz CT molecular complexity index is 1200. The first-order valence-corrected chi connectivity index (χ1v) is 11.4. The predicted octanol–water partition coefficient (Wildman–Crippen LogP) is 2.84. The maximum atomic E-state index is 10.2. The van der Waals surface area contributed by atoms with Gasteiger partial charge in [0, 0.05) is 43.1 Å². The second-order valence-electron chi connectivity index (χ2n) is 8.77. The number of nitrogen functional groups attached to an aromatic ring is 1. The molecule has 0 amide bonds. The van der Waals surface area contributed by atoms with Crippen LogP contribution in [0.1, 0.15) is 19.0 Å². The van der Waals surface area contributed by atoms with Gasteiger partial charge in [-0.05, 0) is 63.7 Å². The fraction of sp³-hybridized carbons (Fsp3) is 0.346. The zero-order valence-electron chi connectivity index (χ0n) is 19.9. The molecule has 3 N–H and O–H groups in total. The summed E-state index contributed by atoms with van der Waals surface area (Å²) < 4.78 is 0. The largest absolute Gasteiger partial charge is 0.507 e. The molecule has 0 bridgehead atoms. The number of para-hydroxylation sites is 1. The van der Waals surface area contributed by atoms with Gasteiger partial charge in [-0.3, -0.25) is 4.90 Å². The number of aromatic hydroxyl groups is 1. The van der Waals surface area contributed by atoms with Crippen LogP contribution in [0.25, 0.3) is 11.3 Å². The van der Waals surface area contributed by atoms with Gasteiger partial charge in [0.05, 0.1) is 17.9 Å². The van der Waals surface area contributed by atoms with Crippen molar-refractivity contribution in [3.63, 3.8) is 0 Å². The average Bonchev–Trinajstić information content (AvgIpc) is 3.01. The molecule has 1 saturated heterocycles. The van der Waals surface area contributed by atoms with E-state index in [4.69, 9.17) is 5.73 Å². The zero-order valence-corrected chi connectivity index (χ0v) is 19.9. The van der Waals surface area contributed by atoms with Crippen molar-refractivity contribution >= 4 is 17.2 Å². The van der Waals surface area contributed by atoms with Crippen LogP contribution in [0.5, 0.6) is 5.75 Å². The monoisotopic (exact) mass is 457 g/mol. The molecule has 1 aliphatic heterocycles. The molecule has 2 aromatic heterocycles. The molecule has 1 atom stereocenters. The molecular formula is C26H31N7O. The molecule has 176 valence electrons. The fourth-order valence-electron chi connectivity index (χ4n) is 4.10. The molecule has 0 unspecified atom stereocenters. The minimum Gasteiger partial charge on any atom is -0.507 e. The van der Waals surface area contributed by atoms with Crippen molar-refractivity contribution in [2.45, 2.75) is 19.4 Å². The Kier molecular flexibility index (Phi) is 7.14. The molecule has 8 nitrogen and oxygen atoms in total. The summed E-state index contributed by atoms with van der Waals surface area (Å²) in [5.41, 5.74) is 10.2. The minimum absolute atomic E-state index is 0.172. The highest BCUT2D eigenvalue weighted by atomic mass is 16.3. The van der Waals surface area contributed by atoms with E-state index >= 15 is 0 Å². The Morgan fingerprint density at radius 1 is 1.12 bits per heavy atom. The summed E-state index contributed by atoms with van der Waals surface area (Å²) in [4.78, 5) is 11.1. The Balaban J connectivity index is 1.55. The standard InChI is InChI=1S/C26H31N7O/c1-19-11-14-32(24-18-23(29-30-26(24)27)22-8-4-5-9-25(22)34)15-16-33(19)21-10-12-28-20(17-21)7-6-13-31(2)3/h4-5,8-10,12,17-19,34H,11,13-16H2,1-3H3,(H2,27,30)/t19-/m1/s1. The van der Waals surface area contributed by atoms with Gasteiger partial charge in [0.2, 0.25) is 0 Å². The maximum Gasteiger partial charge on any atom is 0.169 e. The zero-order chi connectivity index (χ0) is 24.1. The quantitative estimate of drug-likeness (QED) is 0.578. The number of hydrogen-bond donors (Lipinski definition) is 2. The molecule has 3 aromatic rings. The third-order valence-corrected chi connectivity index (χ3v) is 5.97. The van der Waals surface area contributed by atoms with Crippen LogP contribution in [-0.2, 0) is 0 Å². The van der Waals surface area contributed by atoms with Gasteiger partial charge >= 0.3 is 0 Å². The van der Waals surface area contributed by atoms with Crippen LogP contribution in [-0.4, -0.2) is 71.5 Å². The summed E-state index contributed by atoms with van der Waals surface area (Å²) in [5.74, 6) is 6.88. The molecule has 1 aliphatic rings. The van der Waals surface area contributed by atoms with Crippen molar-refractivity contribution in [3.8, 4) is 28.8 Å². The normalized spacial score (nSPS) is 16.2. The summed E-state index contributed by atoms with van der Waals surface area (Å²) in [6.45, 7) is 5.39. The van der Waals surface area contributed by atoms with Crippen molar-refractivity contribution in [3.05, 3.63) is 54.4 Å². The highest BCUT2D eigenvalue weighted by molar-refractivity contribution is 5.74. The van der Waals surface area contributed by atoms with Crippen molar-refractivity contribution in [1.82, 2.24) is 20.1 Å². The first-order valence-electron chi connectivity index (χ1n) is 11.4. The van der Waals surface area contributed by atoms with Crippen LogP contribution in [0.2, 0.25) is 0 Å². The van der Waals surface area contributed by atoms with Crippen molar-refractivity contribution in [2.75, 3.05) is 55.8 Å². The van der Waals surface area contributed by atoms with Gasteiger partial charge in [0.25, 0.3) is 0 Å². The lowest BCUT2D eigenvalue weighted by Crippen LogP contribution is -2.35. The summed E-state index contributed by atoms with van der Waals surface area (Å²) >= 11 is 0. The van der Waals surface area contributed by atoms with E-state index in [2.05, 4.69) is 49.8 Å². The number of benzene rings is 1. The molecule has 1 aromatic carbocycles. The highest BCUT2D eigenvalue weighted by Gasteiger charge is 2.24.